The largest absolute Gasteiger partial charge is 0.423 e. The van der Waals surface area contributed by atoms with E-state index in [9.17, 15) is 14.4 Å². The Morgan fingerprint density at radius 1 is 0.906 bits per heavy atom. The molecule has 0 aliphatic heterocycles. The van der Waals surface area contributed by atoms with Crippen molar-refractivity contribution in [3.63, 3.8) is 0 Å². The van der Waals surface area contributed by atoms with Gasteiger partial charge in [-0.3, -0.25) is 9.59 Å². The molecule has 0 heterocycles. The van der Waals surface area contributed by atoms with Crippen molar-refractivity contribution >= 4 is 24.0 Å². The van der Waals surface area contributed by atoms with Gasteiger partial charge < -0.3 is 10.1 Å². The second-order valence-electron chi connectivity index (χ2n) is 7.12. The minimum atomic E-state index is -0.453. The number of amides is 2. The summed E-state index contributed by atoms with van der Waals surface area (Å²) in [5.74, 6) is -0.812. The summed E-state index contributed by atoms with van der Waals surface area (Å²) < 4.78 is 5.38. The molecule has 0 saturated heterocycles. The van der Waals surface area contributed by atoms with Crippen LogP contribution in [0.25, 0.3) is 0 Å². The third-order valence-electron chi connectivity index (χ3n) is 4.58. The zero-order valence-corrected chi connectivity index (χ0v) is 17.8. The molecule has 7 nitrogen and oxygen atoms in total. The number of carbonyl (C=O) groups is 3. The molecule has 3 rings (SSSR count). The maximum absolute atomic E-state index is 12.3. The van der Waals surface area contributed by atoms with E-state index in [1.54, 1.807) is 48.5 Å². The van der Waals surface area contributed by atoms with E-state index < -0.39 is 11.9 Å². The molecule has 0 bridgehead atoms. The number of esters is 1. The van der Waals surface area contributed by atoms with Gasteiger partial charge in [0.05, 0.1) is 18.3 Å². The second-order valence-corrected chi connectivity index (χ2v) is 7.12. The van der Waals surface area contributed by atoms with Crippen LogP contribution in [0.4, 0.5) is 0 Å². The van der Waals surface area contributed by atoms with Crippen molar-refractivity contribution in [2.75, 3.05) is 6.54 Å². The predicted octanol–water partition coefficient (Wildman–Crippen LogP) is 3.40. The van der Waals surface area contributed by atoms with Crippen LogP contribution in [-0.4, -0.2) is 30.5 Å². The number of carbonyl (C=O) groups excluding carboxylic acids is 3. The highest BCUT2D eigenvalue weighted by atomic mass is 16.5. The first-order valence-corrected chi connectivity index (χ1v) is 9.97. The van der Waals surface area contributed by atoms with Crippen LogP contribution < -0.4 is 15.5 Å². The molecule has 0 unspecified atom stereocenters. The fourth-order valence-electron chi connectivity index (χ4n) is 2.77. The van der Waals surface area contributed by atoms with Crippen molar-refractivity contribution in [3.05, 3.63) is 101 Å². The van der Waals surface area contributed by atoms with E-state index in [1.807, 2.05) is 38.1 Å². The number of hydrogen-bond acceptors (Lipinski definition) is 5. The molecule has 0 aliphatic rings. The number of hydrazone groups is 1. The van der Waals surface area contributed by atoms with Gasteiger partial charge in [-0.2, -0.15) is 5.10 Å². The van der Waals surface area contributed by atoms with Gasteiger partial charge in [0.15, 0.2) is 0 Å². The first-order chi connectivity index (χ1) is 15.4. The second kappa shape index (κ2) is 10.7. The summed E-state index contributed by atoms with van der Waals surface area (Å²) in [5.41, 5.74) is 5.93. The van der Waals surface area contributed by atoms with Gasteiger partial charge in [0.25, 0.3) is 11.8 Å². The van der Waals surface area contributed by atoms with E-state index in [0.717, 1.165) is 11.1 Å². The van der Waals surface area contributed by atoms with E-state index in [2.05, 4.69) is 15.8 Å². The van der Waals surface area contributed by atoms with Crippen molar-refractivity contribution in [3.8, 4) is 5.75 Å². The van der Waals surface area contributed by atoms with Crippen molar-refractivity contribution in [2.45, 2.75) is 13.8 Å². The molecule has 0 spiro atoms. The van der Waals surface area contributed by atoms with Crippen molar-refractivity contribution in [2.24, 2.45) is 5.10 Å². The van der Waals surface area contributed by atoms with Crippen LogP contribution in [0.5, 0.6) is 5.75 Å². The molecular formula is C25H23N3O4. The van der Waals surface area contributed by atoms with Crippen molar-refractivity contribution in [1.29, 1.82) is 0 Å². The molecule has 0 fully saturated rings. The molecular weight excluding hydrogens is 406 g/mol. The van der Waals surface area contributed by atoms with Crippen LogP contribution in [0, 0.1) is 13.8 Å². The molecule has 32 heavy (non-hydrogen) atoms. The molecule has 0 atom stereocenters. The number of rotatable bonds is 7. The third-order valence-corrected chi connectivity index (χ3v) is 4.58. The van der Waals surface area contributed by atoms with Gasteiger partial charge in [-0.25, -0.2) is 10.2 Å². The molecule has 2 N–H and O–H groups in total. The van der Waals surface area contributed by atoms with Gasteiger partial charge in [0.2, 0.25) is 0 Å². The molecule has 0 saturated carbocycles. The van der Waals surface area contributed by atoms with Crippen LogP contribution in [0.3, 0.4) is 0 Å². The summed E-state index contributed by atoms with van der Waals surface area (Å²) in [7, 11) is 0. The van der Waals surface area contributed by atoms with Gasteiger partial charge in [-0.1, -0.05) is 35.9 Å². The average molecular weight is 429 g/mol. The first kappa shape index (κ1) is 22.4. The molecule has 0 aliphatic carbocycles. The summed E-state index contributed by atoms with van der Waals surface area (Å²) in [5, 5.41) is 6.41. The Morgan fingerprint density at radius 2 is 1.59 bits per heavy atom. The zero-order valence-electron chi connectivity index (χ0n) is 17.8. The molecule has 2 amide bonds. The Labute approximate surface area is 186 Å². The standard InChI is InChI=1S/C25H23N3O4/c1-17-7-11-20(12-8-17)24(30)26-16-23(29)28-27-15-19-9-13-21(14-10-19)32-25(31)22-6-4-3-5-18(22)2/h3-15H,16H2,1-2H3,(H,26,30)(H,28,29). The predicted molar refractivity (Wildman–Crippen MR) is 122 cm³/mol. The summed E-state index contributed by atoms with van der Waals surface area (Å²) in [4.78, 5) is 36.1. The van der Waals surface area contributed by atoms with Gasteiger partial charge >= 0.3 is 5.97 Å². The third kappa shape index (κ3) is 6.37. The maximum atomic E-state index is 12.3. The number of hydrogen-bond donors (Lipinski definition) is 2. The Balaban J connectivity index is 1.45. The smallest absolute Gasteiger partial charge is 0.343 e. The number of nitrogens with zero attached hydrogens (tertiary/aromatic N) is 1. The van der Waals surface area contributed by atoms with Crippen molar-refractivity contribution in [1.82, 2.24) is 10.7 Å². The van der Waals surface area contributed by atoms with Crippen LogP contribution in [0.2, 0.25) is 0 Å². The zero-order chi connectivity index (χ0) is 22.9. The average Bonchev–Trinajstić information content (AvgIpc) is 2.79. The van der Waals surface area contributed by atoms with Crippen molar-refractivity contribution < 1.29 is 19.1 Å². The number of ether oxygens (including phenoxy) is 1. The van der Waals surface area contributed by atoms with Gasteiger partial charge in [-0.05, 0) is 67.4 Å². The highest BCUT2D eigenvalue weighted by Crippen LogP contribution is 2.15. The van der Waals surface area contributed by atoms with E-state index in [4.69, 9.17) is 4.74 Å². The maximum Gasteiger partial charge on any atom is 0.343 e. The fraction of sp³-hybridized carbons (Fsp3) is 0.120. The van der Waals surface area contributed by atoms with Crippen LogP contribution in [0.1, 0.15) is 37.4 Å². The summed E-state index contributed by atoms with van der Waals surface area (Å²) >= 11 is 0. The van der Waals surface area contributed by atoms with Crippen LogP contribution in [-0.2, 0) is 4.79 Å². The SMILES string of the molecule is Cc1ccc(C(=O)NCC(=O)NN=Cc2ccc(OC(=O)c3ccccc3C)cc2)cc1. The number of nitrogens with one attached hydrogen (secondary N) is 2. The molecule has 0 aromatic heterocycles. The molecule has 0 radical (unpaired) electrons. The quantitative estimate of drug-likeness (QED) is 0.260. The van der Waals surface area contributed by atoms with Gasteiger partial charge in [0.1, 0.15) is 5.75 Å². The minimum absolute atomic E-state index is 0.197. The highest BCUT2D eigenvalue weighted by Gasteiger charge is 2.11. The lowest BCUT2D eigenvalue weighted by atomic mass is 10.1. The van der Waals surface area contributed by atoms with Crippen LogP contribution in [0.15, 0.2) is 77.9 Å². The van der Waals surface area contributed by atoms with E-state index in [-0.39, 0.29) is 12.5 Å². The molecule has 3 aromatic carbocycles. The minimum Gasteiger partial charge on any atom is -0.423 e. The van der Waals surface area contributed by atoms with Gasteiger partial charge in [-0.15, -0.1) is 0 Å². The number of benzene rings is 3. The van der Waals surface area contributed by atoms with Crippen LogP contribution >= 0.6 is 0 Å². The Kier molecular flexibility index (Phi) is 7.48. The topological polar surface area (TPSA) is 96.9 Å². The molecule has 7 heteroatoms. The summed E-state index contributed by atoms with van der Waals surface area (Å²) in [6.45, 7) is 3.58. The monoisotopic (exact) mass is 429 g/mol. The van der Waals surface area contributed by atoms with E-state index in [1.165, 1.54) is 6.21 Å². The first-order valence-electron chi connectivity index (χ1n) is 9.97. The Hall–Kier alpha value is -4.26. The Morgan fingerprint density at radius 3 is 2.28 bits per heavy atom. The summed E-state index contributed by atoms with van der Waals surface area (Å²) in [6, 6.07) is 20.9. The molecule has 3 aromatic rings. The lowest BCUT2D eigenvalue weighted by Gasteiger charge is -2.06. The Bertz CT molecular complexity index is 1140. The number of aryl methyl sites for hydroxylation is 2. The molecule has 162 valence electrons. The fourth-order valence-corrected chi connectivity index (χ4v) is 2.77. The summed E-state index contributed by atoms with van der Waals surface area (Å²) in [6.07, 6.45) is 1.45. The lowest BCUT2D eigenvalue weighted by molar-refractivity contribution is -0.120. The lowest BCUT2D eigenvalue weighted by Crippen LogP contribution is -2.34. The van der Waals surface area contributed by atoms with E-state index >= 15 is 0 Å². The highest BCUT2D eigenvalue weighted by molar-refractivity contribution is 5.96. The van der Waals surface area contributed by atoms with Gasteiger partial charge in [0, 0.05) is 5.56 Å². The van der Waals surface area contributed by atoms with E-state index in [0.29, 0.717) is 22.4 Å². The normalized spacial score (nSPS) is 10.6.